The van der Waals surface area contributed by atoms with E-state index >= 15 is 0 Å². The van der Waals surface area contributed by atoms with E-state index in [0.29, 0.717) is 20.9 Å². The fraction of sp³-hybridized carbons (Fsp3) is 0.263. The van der Waals surface area contributed by atoms with Crippen molar-refractivity contribution in [2.75, 3.05) is 16.4 Å². The summed E-state index contributed by atoms with van der Waals surface area (Å²) < 4.78 is 24.2. The van der Waals surface area contributed by atoms with Crippen molar-refractivity contribution in [1.82, 2.24) is 0 Å². The van der Waals surface area contributed by atoms with Crippen LogP contribution in [-0.4, -0.2) is 42.3 Å². The fourth-order valence-electron chi connectivity index (χ4n) is 3.42. The summed E-state index contributed by atoms with van der Waals surface area (Å²) in [6, 6.07) is 13.9. The zero-order valence-corrected chi connectivity index (χ0v) is 17.7. The lowest BCUT2D eigenvalue weighted by molar-refractivity contribution is -0.117. The van der Waals surface area contributed by atoms with Gasteiger partial charge in [0.05, 0.1) is 34.7 Å². The molecular formula is C19H16Cl2N2O3S2. The first-order chi connectivity index (χ1) is 13.3. The third-order valence-electron chi connectivity index (χ3n) is 4.67. The molecule has 2 aliphatic rings. The van der Waals surface area contributed by atoms with Gasteiger partial charge in [-0.3, -0.25) is 4.79 Å². The highest BCUT2D eigenvalue weighted by Crippen LogP contribution is 2.42. The molecule has 2 saturated heterocycles. The molecule has 4 rings (SSSR count). The maximum Gasteiger partial charge on any atom is 0.252 e. The second kappa shape index (κ2) is 7.71. The highest BCUT2D eigenvalue weighted by molar-refractivity contribution is 8.16. The molecule has 0 aliphatic carbocycles. The Labute approximate surface area is 177 Å². The first kappa shape index (κ1) is 19.8. The minimum atomic E-state index is -3.12. The van der Waals surface area contributed by atoms with Crippen molar-refractivity contribution in [1.29, 1.82) is 0 Å². The predicted molar refractivity (Wildman–Crippen MR) is 115 cm³/mol. The molecular weight excluding hydrogens is 439 g/mol. The van der Waals surface area contributed by atoms with Crippen molar-refractivity contribution >= 4 is 61.6 Å². The smallest absolute Gasteiger partial charge is 0.252 e. The molecule has 9 heteroatoms. The molecule has 0 radical (unpaired) electrons. The molecule has 0 aromatic heterocycles. The Balaban J connectivity index is 1.65. The Hall–Kier alpha value is -1.54. The Morgan fingerprint density at radius 1 is 1.11 bits per heavy atom. The van der Waals surface area contributed by atoms with E-state index in [0.717, 1.165) is 5.56 Å². The van der Waals surface area contributed by atoms with Crippen LogP contribution in [0, 0.1) is 0 Å². The van der Waals surface area contributed by atoms with Gasteiger partial charge in [-0.2, -0.15) is 4.99 Å². The van der Waals surface area contributed by atoms with Gasteiger partial charge < -0.3 is 4.90 Å². The van der Waals surface area contributed by atoms with Gasteiger partial charge >= 0.3 is 0 Å². The van der Waals surface area contributed by atoms with Crippen LogP contribution in [0.2, 0.25) is 10.0 Å². The van der Waals surface area contributed by atoms with Crippen LogP contribution in [0.25, 0.3) is 0 Å². The number of carbonyl (C=O) groups excluding carboxylic acids is 1. The van der Waals surface area contributed by atoms with Crippen molar-refractivity contribution in [2.45, 2.75) is 17.7 Å². The van der Waals surface area contributed by atoms with Crippen LogP contribution >= 0.6 is 35.0 Å². The van der Waals surface area contributed by atoms with Crippen molar-refractivity contribution in [2.24, 2.45) is 4.99 Å². The molecule has 0 bridgehead atoms. The summed E-state index contributed by atoms with van der Waals surface area (Å²) in [6.45, 7) is 0. The van der Waals surface area contributed by atoms with Gasteiger partial charge in [0.25, 0.3) is 5.91 Å². The van der Waals surface area contributed by atoms with Crippen LogP contribution in [0.3, 0.4) is 0 Å². The molecule has 2 aromatic carbocycles. The lowest BCUT2D eigenvalue weighted by atomic mass is 10.1. The van der Waals surface area contributed by atoms with E-state index in [1.54, 1.807) is 36.4 Å². The van der Waals surface area contributed by atoms with Gasteiger partial charge in [0.15, 0.2) is 15.0 Å². The summed E-state index contributed by atoms with van der Waals surface area (Å²) in [5, 5.41) is 1.43. The van der Waals surface area contributed by atoms with Gasteiger partial charge in [-0.15, -0.1) is 0 Å². The molecule has 2 fully saturated rings. The largest absolute Gasteiger partial charge is 0.314 e. The number of sulfone groups is 1. The van der Waals surface area contributed by atoms with Crippen LogP contribution in [0.1, 0.15) is 5.56 Å². The highest BCUT2D eigenvalue weighted by Gasteiger charge is 2.49. The van der Waals surface area contributed by atoms with Crippen LogP contribution < -0.4 is 4.90 Å². The van der Waals surface area contributed by atoms with E-state index in [9.17, 15) is 13.2 Å². The molecule has 2 atom stereocenters. The van der Waals surface area contributed by atoms with Crippen molar-refractivity contribution in [3.8, 4) is 0 Å². The van der Waals surface area contributed by atoms with Gasteiger partial charge in [0, 0.05) is 10.3 Å². The number of carbonyl (C=O) groups is 1. The van der Waals surface area contributed by atoms with Crippen molar-refractivity contribution in [3.63, 3.8) is 0 Å². The molecule has 0 saturated carbocycles. The van der Waals surface area contributed by atoms with Crippen LogP contribution in [0.5, 0.6) is 0 Å². The number of amides is 1. The lowest BCUT2D eigenvalue weighted by Crippen LogP contribution is -2.38. The average Bonchev–Trinajstić information content (AvgIpc) is 3.08. The Morgan fingerprint density at radius 2 is 1.82 bits per heavy atom. The number of halogens is 2. The number of thioether (sulfide) groups is 1. The third kappa shape index (κ3) is 4.08. The molecule has 1 amide bonds. The Morgan fingerprint density at radius 3 is 2.54 bits per heavy atom. The number of aliphatic imine (C=N–C) groups is 1. The summed E-state index contributed by atoms with van der Waals surface area (Å²) in [4.78, 5) is 18.7. The number of anilines is 1. The highest BCUT2D eigenvalue weighted by atomic mass is 35.5. The van der Waals surface area contributed by atoms with Gasteiger partial charge in [-0.1, -0.05) is 59.2 Å². The Bertz CT molecular complexity index is 1060. The minimum Gasteiger partial charge on any atom is -0.314 e. The molecule has 5 nitrogen and oxygen atoms in total. The summed E-state index contributed by atoms with van der Waals surface area (Å²) in [5.41, 5.74) is 1.48. The second-order valence-electron chi connectivity index (χ2n) is 6.71. The normalized spacial score (nSPS) is 24.5. The molecule has 0 unspecified atom stereocenters. The van der Waals surface area contributed by atoms with Crippen molar-refractivity contribution in [3.05, 3.63) is 64.1 Å². The molecule has 2 aromatic rings. The van der Waals surface area contributed by atoms with Gasteiger partial charge in [-0.25, -0.2) is 8.42 Å². The zero-order chi connectivity index (χ0) is 19.9. The van der Waals surface area contributed by atoms with E-state index in [4.69, 9.17) is 23.2 Å². The predicted octanol–water partition coefficient (Wildman–Crippen LogP) is 3.84. The number of para-hydroxylation sites is 1. The average molecular weight is 455 g/mol. The first-order valence-corrected chi connectivity index (χ1v) is 12.0. The van der Waals surface area contributed by atoms with Crippen LogP contribution in [0.15, 0.2) is 53.5 Å². The molecule has 2 aliphatic heterocycles. The van der Waals surface area contributed by atoms with E-state index in [-0.39, 0.29) is 35.1 Å². The van der Waals surface area contributed by atoms with E-state index in [1.807, 2.05) is 17.0 Å². The minimum absolute atomic E-state index is 0.0281. The number of hydrogen-bond donors (Lipinski definition) is 0. The van der Waals surface area contributed by atoms with E-state index in [2.05, 4.69) is 4.99 Å². The number of fused-ring (bicyclic) bond motifs is 1. The van der Waals surface area contributed by atoms with E-state index in [1.165, 1.54) is 11.8 Å². The second-order valence-corrected chi connectivity index (χ2v) is 10.9. The number of rotatable bonds is 3. The molecule has 28 heavy (non-hydrogen) atoms. The molecule has 146 valence electrons. The number of amidine groups is 1. The first-order valence-electron chi connectivity index (χ1n) is 8.59. The summed E-state index contributed by atoms with van der Waals surface area (Å²) in [6.07, 6.45) is 0.144. The summed E-state index contributed by atoms with van der Waals surface area (Å²) in [7, 11) is -3.12. The quantitative estimate of drug-likeness (QED) is 0.704. The molecule has 0 N–H and O–H groups in total. The number of hydrogen-bond acceptors (Lipinski definition) is 4. The Kier molecular flexibility index (Phi) is 5.44. The topological polar surface area (TPSA) is 66.8 Å². The van der Waals surface area contributed by atoms with Crippen LogP contribution in [-0.2, 0) is 21.1 Å². The molecule has 0 spiro atoms. The fourth-order valence-corrected chi connectivity index (χ4v) is 7.69. The maximum atomic E-state index is 12.6. The van der Waals surface area contributed by atoms with Crippen LogP contribution in [0.4, 0.5) is 5.69 Å². The van der Waals surface area contributed by atoms with Gasteiger partial charge in [0.2, 0.25) is 0 Å². The van der Waals surface area contributed by atoms with Gasteiger partial charge in [-0.05, 0) is 29.8 Å². The monoisotopic (exact) mass is 454 g/mol. The summed E-state index contributed by atoms with van der Waals surface area (Å²) in [5.74, 6) is -0.196. The number of nitrogens with zero attached hydrogens (tertiary/aromatic N) is 2. The van der Waals surface area contributed by atoms with Crippen molar-refractivity contribution < 1.29 is 13.2 Å². The third-order valence-corrected chi connectivity index (χ3v) is 8.45. The van der Waals surface area contributed by atoms with Gasteiger partial charge in [0.1, 0.15) is 0 Å². The zero-order valence-electron chi connectivity index (χ0n) is 14.6. The SMILES string of the molecule is O=C(Cc1ccc(Cl)cc1)N=C1S[C@H]2CS(=O)(=O)C[C@@H]2N1c1ccccc1Cl. The lowest BCUT2D eigenvalue weighted by Gasteiger charge is -2.25. The standard InChI is InChI=1S/C19H16Cl2N2O3S2/c20-13-7-5-12(6-8-13)9-18(24)22-19-23(15-4-2-1-3-14(15)21)16-10-28(25,26)11-17(16)27-19/h1-8,16-17H,9-11H2/t16-,17-/m0/s1. The number of benzene rings is 2. The maximum absolute atomic E-state index is 12.6. The van der Waals surface area contributed by atoms with E-state index < -0.39 is 9.84 Å². The molecule has 2 heterocycles. The summed E-state index contributed by atoms with van der Waals surface area (Å²) >= 11 is 13.6.